The lowest BCUT2D eigenvalue weighted by molar-refractivity contribution is -0.870. The Morgan fingerprint density at radius 2 is 0.781 bits per heavy atom. The van der Waals surface area contributed by atoms with Crippen molar-refractivity contribution in [3.8, 4) is 0 Å². The van der Waals surface area contributed by atoms with Crippen LogP contribution in [-0.2, 0) is 32.7 Å². The number of carbonyl (C=O) groups is 2. The summed E-state index contributed by atoms with van der Waals surface area (Å²) in [6, 6.07) is 0. The van der Waals surface area contributed by atoms with E-state index in [-0.39, 0.29) is 26.1 Å². The Morgan fingerprint density at radius 3 is 1.16 bits per heavy atom. The van der Waals surface area contributed by atoms with Gasteiger partial charge in [-0.05, 0) is 89.9 Å². The Bertz CT molecular complexity index is 1650. The Kier molecular flexibility index (Phi) is 50.6. The second-order valence-electron chi connectivity index (χ2n) is 19.9. The highest BCUT2D eigenvalue weighted by atomic mass is 31.2. The van der Waals surface area contributed by atoms with Gasteiger partial charge in [-0.15, -0.1) is 0 Å². The molecule has 0 aromatic rings. The molecule has 0 spiro atoms. The molecule has 0 aromatic heterocycles. The minimum Gasteiger partial charge on any atom is -0.756 e. The summed E-state index contributed by atoms with van der Waals surface area (Å²) in [5.41, 5.74) is 0. The smallest absolute Gasteiger partial charge is 0.306 e. The van der Waals surface area contributed by atoms with Gasteiger partial charge in [0.1, 0.15) is 19.8 Å². The van der Waals surface area contributed by atoms with Crippen LogP contribution in [0.1, 0.15) is 213 Å². The van der Waals surface area contributed by atoms with E-state index in [1.807, 2.05) is 21.1 Å². The fourth-order valence-electron chi connectivity index (χ4n) is 7.33. The van der Waals surface area contributed by atoms with Crippen molar-refractivity contribution >= 4 is 19.8 Å². The zero-order valence-electron chi connectivity index (χ0n) is 47.0. The first-order chi connectivity index (χ1) is 35.5. The van der Waals surface area contributed by atoms with Crippen LogP contribution in [0.3, 0.4) is 0 Å². The van der Waals surface area contributed by atoms with Gasteiger partial charge in [0.15, 0.2) is 6.10 Å². The number of quaternary nitrogens is 1. The molecule has 0 amide bonds. The monoisotopic (exact) mass is 1040 g/mol. The first-order valence-electron chi connectivity index (χ1n) is 28.7. The highest BCUT2D eigenvalue weighted by Gasteiger charge is 2.21. The third-order valence-electron chi connectivity index (χ3n) is 11.7. The lowest BCUT2D eigenvalue weighted by Crippen LogP contribution is -2.37. The molecule has 2 atom stereocenters. The maximum atomic E-state index is 12.8. The zero-order chi connectivity index (χ0) is 53.5. The number of carbonyl (C=O) groups excluding carboxylic acids is 2. The Labute approximate surface area is 448 Å². The van der Waals surface area contributed by atoms with Gasteiger partial charge < -0.3 is 27.9 Å². The average Bonchev–Trinajstić information content (AvgIpc) is 3.35. The largest absolute Gasteiger partial charge is 0.756 e. The number of phosphoric acid groups is 1. The zero-order valence-corrected chi connectivity index (χ0v) is 47.9. The van der Waals surface area contributed by atoms with Crippen molar-refractivity contribution < 1.29 is 42.1 Å². The molecule has 0 aliphatic heterocycles. The summed E-state index contributed by atoms with van der Waals surface area (Å²) in [4.78, 5) is 37.8. The van der Waals surface area contributed by atoms with Crippen LogP contribution in [-0.4, -0.2) is 70.0 Å². The first-order valence-corrected chi connectivity index (χ1v) is 30.2. The number of nitrogens with zero attached hydrogens (tertiary/aromatic N) is 1. The van der Waals surface area contributed by atoms with Crippen LogP contribution in [0, 0.1) is 0 Å². The van der Waals surface area contributed by atoms with Gasteiger partial charge in [-0.2, -0.15) is 0 Å². The van der Waals surface area contributed by atoms with Crippen molar-refractivity contribution in [2.75, 3.05) is 47.5 Å². The molecule has 73 heavy (non-hydrogen) atoms. The summed E-state index contributed by atoms with van der Waals surface area (Å²) in [5, 5.41) is 0. The molecule has 0 aromatic carbocycles. The molecule has 0 fully saturated rings. The van der Waals surface area contributed by atoms with Gasteiger partial charge >= 0.3 is 11.9 Å². The average molecular weight is 1040 g/mol. The number of hydrogen-bond donors (Lipinski definition) is 0. The molecule has 0 heterocycles. The Hall–Kier alpha value is -3.59. The maximum absolute atomic E-state index is 12.8. The topological polar surface area (TPSA) is 111 Å². The lowest BCUT2D eigenvalue weighted by atomic mass is 10.0. The SMILES string of the molecule is CC/C=C\C/C=C\C/C=C\C/C=C\C/C=C\C/C=C\C/C=C\C/C=C\C/C=C\C/C=C\CCCCC(=O)OC(COC(=O)CCCCCCCCCCCCCCCCCC)COP(=O)([O-])OCC[N+](C)(C)C. The number of phosphoric ester groups is 1. The second kappa shape index (κ2) is 53.2. The van der Waals surface area contributed by atoms with Crippen LogP contribution >= 0.6 is 7.82 Å². The Balaban J connectivity index is 4.29. The van der Waals surface area contributed by atoms with Crippen LogP contribution in [0.4, 0.5) is 0 Å². The van der Waals surface area contributed by atoms with Gasteiger partial charge in [0.05, 0.1) is 27.7 Å². The molecule has 0 rings (SSSR count). The maximum Gasteiger partial charge on any atom is 0.306 e. The summed E-state index contributed by atoms with van der Waals surface area (Å²) < 4.78 is 34.1. The molecule has 0 saturated carbocycles. The third kappa shape index (κ3) is 57.5. The molecule has 0 saturated heterocycles. The van der Waals surface area contributed by atoms with Crippen LogP contribution < -0.4 is 4.89 Å². The molecule has 0 bridgehead atoms. The number of esters is 2. The second-order valence-corrected chi connectivity index (χ2v) is 21.3. The fraction of sp³-hybridized carbons (Fsp3) is 0.651. The number of ether oxygens (including phenoxy) is 2. The molecular formula is C63H106NO8P. The van der Waals surface area contributed by atoms with Gasteiger partial charge in [0, 0.05) is 12.8 Å². The third-order valence-corrected chi connectivity index (χ3v) is 12.7. The standard InChI is InChI=1S/C63H106NO8P/c1-6-8-10-12-14-16-18-20-22-24-25-26-27-28-29-30-31-32-33-34-35-36-37-38-39-40-42-44-46-48-50-52-54-56-63(66)72-61(60-71-73(67,68)70-58-57-64(3,4)5)59-69-62(65)55-53-51-49-47-45-43-41-23-21-19-17-15-13-11-9-7-2/h8,10,14,16,20,22,25-26,28-29,31-32,34-35,37-38,40,42,46,48,61H,6-7,9,11-13,15,17-19,21,23-24,27,30,33,36,39,41,43-45,47,49-60H2,1-5H3/b10-8-,16-14-,22-20-,26-25-,29-28-,32-31-,35-34-,38-37-,42-40-,48-46-. The summed E-state index contributed by atoms with van der Waals surface area (Å²) in [5.74, 6) is -0.889. The summed E-state index contributed by atoms with van der Waals surface area (Å²) >= 11 is 0. The first kappa shape index (κ1) is 69.4. The number of likely N-dealkylation sites (N-methyl/N-ethyl adjacent to an activating group) is 1. The Morgan fingerprint density at radius 1 is 0.438 bits per heavy atom. The van der Waals surface area contributed by atoms with Gasteiger partial charge in [-0.3, -0.25) is 14.2 Å². The molecule has 10 heteroatoms. The summed E-state index contributed by atoms with van der Waals surface area (Å²) in [7, 11) is 1.12. The molecule has 9 nitrogen and oxygen atoms in total. The van der Waals surface area contributed by atoms with Crippen LogP contribution in [0.15, 0.2) is 122 Å². The van der Waals surface area contributed by atoms with E-state index in [0.717, 1.165) is 96.3 Å². The van der Waals surface area contributed by atoms with E-state index in [1.165, 1.54) is 83.5 Å². The number of hydrogen-bond acceptors (Lipinski definition) is 8. The molecular weight excluding hydrogens is 930 g/mol. The minimum absolute atomic E-state index is 0.0448. The number of rotatable bonds is 51. The van der Waals surface area contributed by atoms with E-state index < -0.39 is 32.5 Å². The summed E-state index contributed by atoms with van der Waals surface area (Å²) in [6.07, 6.45) is 75.3. The van der Waals surface area contributed by atoms with E-state index in [2.05, 4.69) is 135 Å². The van der Waals surface area contributed by atoms with Crippen LogP contribution in [0.2, 0.25) is 0 Å². The number of unbranched alkanes of at least 4 members (excludes halogenated alkanes) is 17. The van der Waals surface area contributed by atoms with Crippen molar-refractivity contribution in [2.24, 2.45) is 0 Å². The van der Waals surface area contributed by atoms with Crippen molar-refractivity contribution in [1.82, 2.24) is 0 Å². The van der Waals surface area contributed by atoms with Crippen molar-refractivity contribution in [3.05, 3.63) is 122 Å². The van der Waals surface area contributed by atoms with Crippen LogP contribution in [0.25, 0.3) is 0 Å². The van der Waals surface area contributed by atoms with E-state index in [4.69, 9.17) is 18.5 Å². The van der Waals surface area contributed by atoms with E-state index >= 15 is 0 Å². The van der Waals surface area contributed by atoms with Crippen molar-refractivity contribution in [1.29, 1.82) is 0 Å². The van der Waals surface area contributed by atoms with E-state index in [1.54, 1.807) is 0 Å². The lowest BCUT2D eigenvalue weighted by Gasteiger charge is -2.28. The number of allylic oxidation sites excluding steroid dienone is 20. The quantitative estimate of drug-likeness (QED) is 0.0195. The fourth-order valence-corrected chi connectivity index (χ4v) is 8.06. The molecule has 2 unspecified atom stereocenters. The van der Waals surface area contributed by atoms with Crippen molar-refractivity contribution in [3.63, 3.8) is 0 Å². The summed E-state index contributed by atoms with van der Waals surface area (Å²) in [6.45, 7) is 4.07. The van der Waals surface area contributed by atoms with Gasteiger partial charge in [-0.25, -0.2) is 0 Å². The van der Waals surface area contributed by atoms with Gasteiger partial charge in [0.2, 0.25) is 0 Å². The van der Waals surface area contributed by atoms with Crippen LogP contribution in [0.5, 0.6) is 0 Å². The highest BCUT2D eigenvalue weighted by Crippen LogP contribution is 2.38. The van der Waals surface area contributed by atoms with E-state index in [9.17, 15) is 19.0 Å². The van der Waals surface area contributed by atoms with Gasteiger partial charge in [0.25, 0.3) is 7.82 Å². The van der Waals surface area contributed by atoms with Crippen molar-refractivity contribution in [2.45, 2.75) is 219 Å². The normalized spacial score (nSPS) is 14.2. The predicted octanol–water partition coefficient (Wildman–Crippen LogP) is 17.3. The highest BCUT2D eigenvalue weighted by molar-refractivity contribution is 7.45. The predicted molar refractivity (Wildman–Crippen MR) is 309 cm³/mol. The van der Waals surface area contributed by atoms with E-state index in [0.29, 0.717) is 17.4 Å². The molecule has 0 aliphatic carbocycles. The molecule has 0 N–H and O–H groups in total. The minimum atomic E-state index is -4.65. The molecule has 0 aliphatic rings. The molecule has 416 valence electrons. The molecule has 0 radical (unpaired) electrons. The van der Waals surface area contributed by atoms with Gasteiger partial charge in [-0.1, -0.05) is 232 Å².